The van der Waals surface area contributed by atoms with E-state index >= 15 is 0 Å². The second-order valence-corrected chi connectivity index (χ2v) is 4.13. The normalized spacial score (nSPS) is 11.5. The van der Waals surface area contributed by atoms with Crippen LogP contribution < -0.4 is 9.64 Å². The molecule has 0 saturated carbocycles. The number of rotatable bonds is 7. The summed E-state index contributed by atoms with van der Waals surface area (Å²) in [5, 5.41) is 8.56. The molecule has 0 amide bonds. The number of nitrogens with zero attached hydrogens (tertiary/aromatic N) is 4. The molecule has 0 bridgehead atoms. The molecule has 6 nitrogen and oxygen atoms in total. The number of aromatic nitrogens is 3. The molecule has 0 saturated heterocycles. The second-order valence-electron chi connectivity index (χ2n) is 3.80. The fraction of sp³-hybridized carbons (Fsp3) is 0.700. The summed E-state index contributed by atoms with van der Waals surface area (Å²) >= 11 is 5.63. The Morgan fingerprint density at radius 2 is 2.00 bits per heavy atom. The molecule has 1 aromatic rings. The molecule has 10 heteroatoms. The van der Waals surface area contributed by atoms with Crippen molar-refractivity contribution in [3.8, 4) is 6.01 Å². The van der Waals surface area contributed by atoms with Crippen LogP contribution in [-0.2, 0) is 0 Å². The van der Waals surface area contributed by atoms with E-state index in [2.05, 4.69) is 15.0 Å². The van der Waals surface area contributed by atoms with Crippen molar-refractivity contribution >= 4 is 17.5 Å². The highest BCUT2D eigenvalue weighted by atomic mass is 35.5. The van der Waals surface area contributed by atoms with Crippen LogP contribution >= 0.6 is 11.6 Å². The highest BCUT2D eigenvalue weighted by molar-refractivity contribution is 6.28. The van der Waals surface area contributed by atoms with E-state index in [0.717, 1.165) is 4.90 Å². The lowest BCUT2D eigenvalue weighted by Gasteiger charge is -2.23. The summed E-state index contributed by atoms with van der Waals surface area (Å²) in [5.74, 6) is -0.289. The van der Waals surface area contributed by atoms with E-state index in [1.807, 2.05) is 6.92 Å². The maximum absolute atomic E-state index is 12.5. The van der Waals surface area contributed by atoms with Crippen molar-refractivity contribution in [3.05, 3.63) is 5.28 Å². The summed E-state index contributed by atoms with van der Waals surface area (Å²) in [6, 6.07) is -0.146. The Balaban J connectivity index is 2.96. The lowest BCUT2D eigenvalue weighted by atomic mass is 10.5. The summed E-state index contributed by atoms with van der Waals surface area (Å²) in [6.07, 6.45) is -3.78. The van der Waals surface area contributed by atoms with Gasteiger partial charge in [-0.2, -0.15) is 28.1 Å². The first kappa shape index (κ1) is 16.7. The van der Waals surface area contributed by atoms with Crippen molar-refractivity contribution in [1.82, 2.24) is 15.0 Å². The van der Waals surface area contributed by atoms with Crippen LogP contribution in [-0.4, -0.2) is 52.5 Å². The topological polar surface area (TPSA) is 71.4 Å². The summed E-state index contributed by atoms with van der Waals surface area (Å²) in [6.45, 7) is 0.0865. The SMILES string of the molecule is CCCOc1nc(Cl)nc(N(CCO)CC(F)(F)F)n1. The van der Waals surface area contributed by atoms with E-state index in [4.69, 9.17) is 21.4 Å². The van der Waals surface area contributed by atoms with E-state index in [0.29, 0.717) is 13.0 Å². The summed E-state index contributed by atoms with van der Waals surface area (Å²) in [5.41, 5.74) is 0. The van der Waals surface area contributed by atoms with Crippen LogP contribution in [0.1, 0.15) is 13.3 Å². The minimum atomic E-state index is -4.46. The van der Waals surface area contributed by atoms with Crippen molar-refractivity contribution < 1.29 is 23.0 Å². The molecule has 0 aliphatic heterocycles. The van der Waals surface area contributed by atoms with Gasteiger partial charge in [0, 0.05) is 6.54 Å². The van der Waals surface area contributed by atoms with Gasteiger partial charge < -0.3 is 14.7 Å². The van der Waals surface area contributed by atoms with Crippen molar-refractivity contribution in [2.45, 2.75) is 19.5 Å². The molecule has 0 radical (unpaired) electrons. The van der Waals surface area contributed by atoms with Gasteiger partial charge in [-0.1, -0.05) is 6.92 Å². The van der Waals surface area contributed by atoms with Crippen LogP contribution in [0.4, 0.5) is 19.1 Å². The number of anilines is 1. The second kappa shape index (κ2) is 7.44. The molecule has 1 heterocycles. The first-order valence-electron chi connectivity index (χ1n) is 5.82. The van der Waals surface area contributed by atoms with Crippen LogP contribution in [0.3, 0.4) is 0 Å². The predicted octanol–water partition coefficient (Wildman–Crippen LogP) is 1.67. The van der Waals surface area contributed by atoms with Crippen molar-refractivity contribution in [3.63, 3.8) is 0 Å². The Labute approximate surface area is 118 Å². The van der Waals surface area contributed by atoms with Crippen LogP contribution in [0, 0.1) is 0 Å². The minimum absolute atomic E-state index is 0.146. The number of hydrogen-bond acceptors (Lipinski definition) is 6. The molecular formula is C10H14ClF3N4O2. The van der Waals surface area contributed by atoms with Gasteiger partial charge >= 0.3 is 12.2 Å². The fourth-order valence-electron chi connectivity index (χ4n) is 1.31. The molecular weight excluding hydrogens is 301 g/mol. The average molecular weight is 315 g/mol. The van der Waals surface area contributed by atoms with Crippen molar-refractivity contribution in [2.75, 3.05) is 31.2 Å². The van der Waals surface area contributed by atoms with Crippen molar-refractivity contribution in [2.24, 2.45) is 0 Å². The molecule has 0 fully saturated rings. The zero-order valence-corrected chi connectivity index (χ0v) is 11.4. The largest absolute Gasteiger partial charge is 0.463 e. The molecule has 0 atom stereocenters. The Hall–Kier alpha value is -1.35. The minimum Gasteiger partial charge on any atom is -0.463 e. The predicted molar refractivity (Wildman–Crippen MR) is 66.0 cm³/mol. The summed E-state index contributed by atoms with van der Waals surface area (Å²) in [4.78, 5) is 11.8. The van der Waals surface area contributed by atoms with Crippen molar-refractivity contribution in [1.29, 1.82) is 0 Å². The number of aliphatic hydroxyl groups is 1. The van der Waals surface area contributed by atoms with E-state index in [1.165, 1.54) is 0 Å². The average Bonchev–Trinajstić information content (AvgIpc) is 2.33. The Morgan fingerprint density at radius 3 is 2.55 bits per heavy atom. The van der Waals surface area contributed by atoms with Crippen LogP contribution in [0.2, 0.25) is 5.28 Å². The van der Waals surface area contributed by atoms with Gasteiger partial charge in [0.25, 0.3) is 0 Å². The molecule has 1 N–H and O–H groups in total. The van der Waals surface area contributed by atoms with Gasteiger partial charge in [0.05, 0.1) is 13.2 Å². The van der Waals surface area contributed by atoms with E-state index in [9.17, 15) is 13.2 Å². The van der Waals surface area contributed by atoms with Crippen LogP contribution in [0.5, 0.6) is 6.01 Å². The first-order chi connectivity index (χ1) is 9.35. The van der Waals surface area contributed by atoms with Crippen LogP contribution in [0.15, 0.2) is 0 Å². The Morgan fingerprint density at radius 1 is 1.30 bits per heavy atom. The highest BCUT2D eigenvalue weighted by Gasteiger charge is 2.32. The number of halogens is 4. The monoisotopic (exact) mass is 314 g/mol. The third-order valence-corrected chi connectivity index (χ3v) is 2.20. The van der Waals surface area contributed by atoms with E-state index in [-0.39, 0.29) is 23.8 Å². The maximum Gasteiger partial charge on any atom is 0.406 e. The third-order valence-electron chi connectivity index (χ3n) is 2.03. The van der Waals surface area contributed by atoms with Gasteiger partial charge in [-0.25, -0.2) is 0 Å². The zero-order valence-electron chi connectivity index (χ0n) is 10.7. The Kier molecular flexibility index (Phi) is 6.21. The third kappa shape index (κ3) is 5.74. The van der Waals surface area contributed by atoms with Gasteiger partial charge in [-0.3, -0.25) is 0 Å². The van der Waals surface area contributed by atoms with E-state index in [1.54, 1.807) is 0 Å². The molecule has 0 aliphatic carbocycles. The quantitative estimate of drug-likeness (QED) is 0.825. The number of hydrogen-bond donors (Lipinski definition) is 1. The Bertz CT molecular complexity index is 433. The molecule has 0 spiro atoms. The molecule has 0 aliphatic rings. The standard InChI is InChI=1S/C10H14ClF3N4O2/c1-2-5-20-9-16-7(11)15-8(17-9)18(3-4-19)6-10(12,13)14/h19H,2-6H2,1H3. The molecule has 114 valence electrons. The number of ether oxygens (including phenoxy) is 1. The number of aliphatic hydroxyl groups excluding tert-OH is 1. The zero-order chi connectivity index (χ0) is 15.2. The lowest BCUT2D eigenvalue weighted by Crippen LogP contribution is -2.37. The molecule has 0 unspecified atom stereocenters. The first-order valence-corrected chi connectivity index (χ1v) is 6.20. The summed E-state index contributed by atoms with van der Waals surface area (Å²) < 4.78 is 42.5. The van der Waals surface area contributed by atoms with Crippen LogP contribution in [0.25, 0.3) is 0 Å². The molecule has 0 aromatic carbocycles. The highest BCUT2D eigenvalue weighted by Crippen LogP contribution is 2.21. The smallest absolute Gasteiger partial charge is 0.406 e. The van der Waals surface area contributed by atoms with Gasteiger partial charge in [-0.05, 0) is 18.0 Å². The van der Waals surface area contributed by atoms with Gasteiger partial charge in [0.2, 0.25) is 11.2 Å². The molecule has 20 heavy (non-hydrogen) atoms. The van der Waals surface area contributed by atoms with Gasteiger partial charge in [0.1, 0.15) is 6.54 Å². The lowest BCUT2D eigenvalue weighted by molar-refractivity contribution is -0.120. The fourth-order valence-corrected chi connectivity index (χ4v) is 1.46. The summed E-state index contributed by atoms with van der Waals surface area (Å²) in [7, 11) is 0. The number of alkyl halides is 3. The van der Waals surface area contributed by atoms with Gasteiger partial charge in [0.15, 0.2) is 0 Å². The van der Waals surface area contributed by atoms with Gasteiger partial charge in [-0.15, -0.1) is 0 Å². The molecule has 1 rings (SSSR count). The van der Waals surface area contributed by atoms with E-state index < -0.39 is 19.3 Å². The maximum atomic E-state index is 12.5. The molecule has 1 aromatic heterocycles.